The van der Waals surface area contributed by atoms with E-state index in [2.05, 4.69) is 38.3 Å². The average Bonchev–Trinajstić information content (AvgIpc) is 2.71. The second-order valence-corrected chi connectivity index (χ2v) is 8.58. The lowest BCUT2D eigenvalue weighted by Gasteiger charge is -2.20. The minimum atomic E-state index is -0.776. The molecule has 0 spiro atoms. The molecule has 0 heterocycles. The number of para-hydroxylation sites is 1. The molecule has 32 heavy (non-hydrogen) atoms. The summed E-state index contributed by atoms with van der Waals surface area (Å²) >= 11 is 5.89. The number of ether oxygens (including phenoxy) is 1. The van der Waals surface area contributed by atoms with Crippen LogP contribution in [0.5, 0.6) is 0 Å². The van der Waals surface area contributed by atoms with Crippen LogP contribution in [0, 0.1) is 0 Å². The van der Waals surface area contributed by atoms with E-state index in [4.69, 9.17) is 22.1 Å². The molecule has 3 amide bonds. The molecule has 0 aliphatic carbocycles. The Kier molecular flexibility index (Phi) is 9.08. The number of primary amides is 1. The van der Waals surface area contributed by atoms with Crippen molar-refractivity contribution in [2.45, 2.75) is 52.0 Å². The van der Waals surface area contributed by atoms with Crippen LogP contribution < -0.4 is 16.4 Å². The SMILES string of the molecule is CC(C)c1cccc(C(C)C)c1NC(=O)COC(=O)CC(NC(N)=O)c1ccc(Cl)cc1. The minimum Gasteiger partial charge on any atom is -0.455 e. The number of nitrogens with two attached hydrogens (primary N) is 1. The van der Waals surface area contributed by atoms with Crippen molar-refractivity contribution in [2.24, 2.45) is 5.73 Å². The van der Waals surface area contributed by atoms with Gasteiger partial charge in [-0.25, -0.2) is 4.79 Å². The Labute approximate surface area is 193 Å². The predicted octanol–water partition coefficient (Wildman–Crippen LogP) is 4.87. The van der Waals surface area contributed by atoms with Crippen molar-refractivity contribution in [3.8, 4) is 0 Å². The molecule has 0 saturated carbocycles. The monoisotopic (exact) mass is 459 g/mol. The number of benzene rings is 2. The number of anilines is 1. The van der Waals surface area contributed by atoms with E-state index in [1.807, 2.05) is 18.2 Å². The van der Waals surface area contributed by atoms with Crippen LogP contribution in [-0.4, -0.2) is 24.5 Å². The molecule has 0 fully saturated rings. The summed E-state index contributed by atoms with van der Waals surface area (Å²) in [6, 6.07) is 11.1. The third kappa shape index (κ3) is 7.27. The summed E-state index contributed by atoms with van der Waals surface area (Å²) in [7, 11) is 0. The number of amides is 3. The summed E-state index contributed by atoms with van der Waals surface area (Å²) in [4.78, 5) is 36.3. The molecule has 172 valence electrons. The van der Waals surface area contributed by atoms with Crippen LogP contribution in [0.2, 0.25) is 5.02 Å². The Balaban J connectivity index is 2.04. The van der Waals surface area contributed by atoms with Crippen molar-refractivity contribution in [3.05, 3.63) is 64.2 Å². The number of rotatable bonds is 9. The first-order valence-electron chi connectivity index (χ1n) is 10.5. The smallest absolute Gasteiger partial charge is 0.312 e. The highest BCUT2D eigenvalue weighted by molar-refractivity contribution is 6.30. The van der Waals surface area contributed by atoms with Crippen LogP contribution in [0.1, 0.15) is 68.7 Å². The van der Waals surface area contributed by atoms with Gasteiger partial charge >= 0.3 is 12.0 Å². The van der Waals surface area contributed by atoms with Gasteiger partial charge in [0.15, 0.2) is 6.61 Å². The van der Waals surface area contributed by atoms with Crippen LogP contribution >= 0.6 is 11.6 Å². The summed E-state index contributed by atoms with van der Waals surface area (Å²) in [6.45, 7) is 7.78. The van der Waals surface area contributed by atoms with Crippen molar-refractivity contribution in [1.29, 1.82) is 0 Å². The maximum atomic E-state index is 12.5. The summed E-state index contributed by atoms with van der Waals surface area (Å²) < 4.78 is 5.16. The fourth-order valence-electron chi connectivity index (χ4n) is 3.36. The quantitative estimate of drug-likeness (QED) is 0.464. The highest BCUT2D eigenvalue weighted by Gasteiger charge is 2.20. The molecule has 0 saturated heterocycles. The minimum absolute atomic E-state index is 0.183. The number of hydrogen-bond donors (Lipinski definition) is 3. The van der Waals surface area contributed by atoms with Crippen molar-refractivity contribution < 1.29 is 19.1 Å². The molecule has 0 bridgehead atoms. The molecule has 0 aromatic heterocycles. The Morgan fingerprint density at radius 3 is 2.03 bits per heavy atom. The Morgan fingerprint density at radius 1 is 0.969 bits per heavy atom. The summed E-state index contributed by atoms with van der Waals surface area (Å²) in [6.07, 6.45) is -0.183. The lowest BCUT2D eigenvalue weighted by Crippen LogP contribution is -2.35. The first-order valence-corrected chi connectivity index (χ1v) is 10.9. The van der Waals surface area contributed by atoms with Gasteiger partial charge in [0.05, 0.1) is 12.5 Å². The van der Waals surface area contributed by atoms with E-state index in [1.165, 1.54) is 0 Å². The first-order chi connectivity index (χ1) is 15.1. The number of urea groups is 1. The molecule has 2 aromatic carbocycles. The van der Waals surface area contributed by atoms with Crippen molar-refractivity contribution in [2.75, 3.05) is 11.9 Å². The van der Waals surface area contributed by atoms with Crippen LogP contribution in [-0.2, 0) is 14.3 Å². The molecular formula is C24H30ClN3O4. The largest absolute Gasteiger partial charge is 0.455 e. The number of esters is 1. The van der Waals surface area contributed by atoms with Gasteiger partial charge in [-0.15, -0.1) is 0 Å². The van der Waals surface area contributed by atoms with Gasteiger partial charge in [-0.3, -0.25) is 9.59 Å². The molecule has 8 heteroatoms. The molecule has 0 aliphatic rings. The molecule has 0 radical (unpaired) electrons. The van der Waals surface area contributed by atoms with Gasteiger partial charge < -0.3 is 21.1 Å². The molecular weight excluding hydrogens is 430 g/mol. The zero-order chi connectivity index (χ0) is 23.8. The summed E-state index contributed by atoms with van der Waals surface area (Å²) in [5.41, 5.74) is 8.66. The molecule has 4 N–H and O–H groups in total. The van der Waals surface area contributed by atoms with Crippen molar-refractivity contribution in [3.63, 3.8) is 0 Å². The van der Waals surface area contributed by atoms with E-state index in [9.17, 15) is 14.4 Å². The fraction of sp³-hybridized carbons (Fsp3) is 0.375. The van der Waals surface area contributed by atoms with E-state index < -0.39 is 30.6 Å². The van der Waals surface area contributed by atoms with E-state index in [0.717, 1.165) is 16.8 Å². The third-order valence-electron chi connectivity index (χ3n) is 4.96. The standard InChI is InChI=1S/C24H30ClN3O4/c1-14(2)18-6-5-7-19(15(3)4)23(18)28-21(29)13-32-22(30)12-20(27-24(26)31)16-8-10-17(25)11-9-16/h5-11,14-15,20H,12-13H2,1-4H3,(H,28,29)(H3,26,27,31). The van der Waals surface area contributed by atoms with Gasteiger partial charge in [0, 0.05) is 10.7 Å². The third-order valence-corrected chi connectivity index (χ3v) is 5.21. The molecule has 0 aliphatic heterocycles. The molecule has 1 atom stereocenters. The Hall–Kier alpha value is -3.06. The fourth-order valence-corrected chi connectivity index (χ4v) is 3.49. The van der Waals surface area contributed by atoms with Crippen LogP contribution in [0.3, 0.4) is 0 Å². The lowest BCUT2D eigenvalue weighted by molar-refractivity contribution is -0.147. The Morgan fingerprint density at radius 2 is 1.53 bits per heavy atom. The van der Waals surface area contributed by atoms with Gasteiger partial charge in [-0.05, 0) is 40.7 Å². The number of carbonyl (C=O) groups excluding carboxylic acids is 3. The van der Waals surface area contributed by atoms with Gasteiger partial charge in [0.2, 0.25) is 0 Å². The summed E-state index contributed by atoms with van der Waals surface area (Å²) in [5, 5.41) is 5.93. The topological polar surface area (TPSA) is 111 Å². The average molecular weight is 460 g/mol. The normalized spacial score (nSPS) is 11.8. The maximum Gasteiger partial charge on any atom is 0.312 e. The predicted molar refractivity (Wildman–Crippen MR) is 126 cm³/mol. The van der Waals surface area contributed by atoms with Gasteiger partial charge in [-0.2, -0.15) is 0 Å². The second-order valence-electron chi connectivity index (χ2n) is 8.15. The highest BCUT2D eigenvalue weighted by Crippen LogP contribution is 2.32. The molecule has 7 nitrogen and oxygen atoms in total. The number of halogens is 1. The van der Waals surface area contributed by atoms with Crippen LogP contribution in [0.15, 0.2) is 42.5 Å². The van der Waals surface area contributed by atoms with Gasteiger partial charge in [-0.1, -0.05) is 69.6 Å². The molecule has 2 rings (SSSR count). The second kappa shape index (κ2) is 11.5. The van der Waals surface area contributed by atoms with Gasteiger partial charge in [0.1, 0.15) is 0 Å². The summed E-state index contributed by atoms with van der Waals surface area (Å²) in [5.74, 6) is -0.646. The zero-order valence-corrected chi connectivity index (χ0v) is 19.5. The van der Waals surface area contributed by atoms with E-state index >= 15 is 0 Å². The van der Waals surface area contributed by atoms with Crippen LogP contribution in [0.4, 0.5) is 10.5 Å². The van der Waals surface area contributed by atoms with Gasteiger partial charge in [0.25, 0.3) is 5.91 Å². The van der Waals surface area contributed by atoms with E-state index in [0.29, 0.717) is 10.6 Å². The van der Waals surface area contributed by atoms with E-state index in [1.54, 1.807) is 24.3 Å². The number of hydrogen-bond acceptors (Lipinski definition) is 4. The first kappa shape index (κ1) is 25.2. The zero-order valence-electron chi connectivity index (χ0n) is 18.8. The highest BCUT2D eigenvalue weighted by atomic mass is 35.5. The maximum absolute atomic E-state index is 12.5. The van der Waals surface area contributed by atoms with E-state index in [-0.39, 0.29) is 18.3 Å². The molecule has 1 unspecified atom stereocenters. The number of nitrogens with one attached hydrogen (secondary N) is 2. The van der Waals surface area contributed by atoms with Crippen LogP contribution in [0.25, 0.3) is 0 Å². The van der Waals surface area contributed by atoms with Crippen molar-refractivity contribution >= 4 is 35.2 Å². The van der Waals surface area contributed by atoms with Crippen molar-refractivity contribution in [1.82, 2.24) is 5.32 Å². The molecule has 2 aromatic rings. The Bertz CT molecular complexity index is 932. The lowest BCUT2D eigenvalue weighted by atomic mass is 9.92. The number of carbonyl (C=O) groups is 3.